The van der Waals surface area contributed by atoms with E-state index in [1.807, 2.05) is 6.92 Å². The van der Waals surface area contributed by atoms with Crippen LogP contribution in [0.25, 0.3) is 22.2 Å². The van der Waals surface area contributed by atoms with E-state index < -0.39 is 11.7 Å². The molecule has 7 heteroatoms. The molecular formula is C21H19F3N2O2. The zero-order chi connectivity index (χ0) is 20.5. The zero-order valence-corrected chi connectivity index (χ0v) is 15.3. The lowest BCUT2D eigenvalue weighted by molar-refractivity contribution is -0.137. The van der Waals surface area contributed by atoms with Crippen LogP contribution in [-0.4, -0.2) is 28.6 Å². The van der Waals surface area contributed by atoms with Crippen molar-refractivity contribution in [3.63, 3.8) is 0 Å². The molecule has 1 aromatic heterocycles. The standard InChI is InChI=1S/C21H19F3N2O2/c1-12-9-18(14-3-6-16(7-4-14)21(22,23)24)26-19-10-15(5-8-17(12)19)20(28)25-13(2)11-27/h3-10,13,27H,11H2,1-2H3,(H,25,28). The first kappa shape index (κ1) is 19.8. The van der Waals surface area contributed by atoms with Crippen molar-refractivity contribution in [2.24, 2.45) is 0 Å². The number of aryl methyl sites for hydroxylation is 1. The second-order valence-electron chi connectivity index (χ2n) is 6.69. The number of carbonyl (C=O) groups excluding carboxylic acids is 1. The lowest BCUT2D eigenvalue weighted by Crippen LogP contribution is -2.34. The number of halogens is 3. The van der Waals surface area contributed by atoms with Gasteiger partial charge in [-0.15, -0.1) is 0 Å². The van der Waals surface area contributed by atoms with Gasteiger partial charge in [-0.25, -0.2) is 4.98 Å². The van der Waals surface area contributed by atoms with Gasteiger partial charge >= 0.3 is 6.18 Å². The fourth-order valence-electron chi connectivity index (χ4n) is 2.87. The van der Waals surface area contributed by atoms with Crippen molar-refractivity contribution in [2.75, 3.05) is 6.61 Å². The molecule has 0 aliphatic rings. The molecule has 1 atom stereocenters. The number of aliphatic hydroxyl groups excluding tert-OH is 1. The molecule has 0 aliphatic heterocycles. The first-order chi connectivity index (χ1) is 13.2. The molecule has 28 heavy (non-hydrogen) atoms. The predicted molar refractivity (Wildman–Crippen MR) is 101 cm³/mol. The number of hydrogen-bond acceptors (Lipinski definition) is 3. The van der Waals surface area contributed by atoms with E-state index in [4.69, 9.17) is 5.11 Å². The smallest absolute Gasteiger partial charge is 0.394 e. The summed E-state index contributed by atoms with van der Waals surface area (Å²) in [4.78, 5) is 16.8. The van der Waals surface area contributed by atoms with E-state index in [9.17, 15) is 18.0 Å². The predicted octanol–water partition coefficient (Wildman–Crippen LogP) is 4.34. The lowest BCUT2D eigenvalue weighted by Gasteiger charge is -2.12. The van der Waals surface area contributed by atoms with Crippen molar-refractivity contribution in [2.45, 2.75) is 26.1 Å². The first-order valence-electron chi connectivity index (χ1n) is 8.70. The molecule has 3 aromatic rings. The molecule has 1 amide bonds. The van der Waals surface area contributed by atoms with Crippen LogP contribution in [0.15, 0.2) is 48.5 Å². The first-order valence-corrected chi connectivity index (χ1v) is 8.70. The van der Waals surface area contributed by atoms with Crippen molar-refractivity contribution in [3.8, 4) is 11.3 Å². The van der Waals surface area contributed by atoms with Crippen LogP contribution in [0.1, 0.15) is 28.4 Å². The third-order valence-electron chi connectivity index (χ3n) is 4.44. The van der Waals surface area contributed by atoms with Crippen LogP contribution in [0.5, 0.6) is 0 Å². The molecule has 146 valence electrons. The lowest BCUT2D eigenvalue weighted by atomic mass is 10.0. The number of benzene rings is 2. The number of alkyl halides is 3. The average molecular weight is 388 g/mol. The van der Waals surface area contributed by atoms with E-state index in [0.29, 0.717) is 22.3 Å². The van der Waals surface area contributed by atoms with Gasteiger partial charge in [-0.3, -0.25) is 4.79 Å². The summed E-state index contributed by atoms with van der Waals surface area (Å²) in [5.74, 6) is -0.331. The third-order valence-corrected chi connectivity index (χ3v) is 4.44. The van der Waals surface area contributed by atoms with Crippen molar-refractivity contribution in [1.29, 1.82) is 0 Å². The van der Waals surface area contributed by atoms with Gasteiger partial charge in [-0.05, 0) is 49.7 Å². The molecule has 0 spiro atoms. The summed E-state index contributed by atoms with van der Waals surface area (Å²) in [7, 11) is 0. The fourth-order valence-corrected chi connectivity index (χ4v) is 2.87. The summed E-state index contributed by atoms with van der Waals surface area (Å²) >= 11 is 0. The van der Waals surface area contributed by atoms with Crippen LogP contribution in [0.3, 0.4) is 0 Å². The summed E-state index contributed by atoms with van der Waals surface area (Å²) in [6.07, 6.45) is -4.39. The Labute approximate surface area is 160 Å². The summed E-state index contributed by atoms with van der Waals surface area (Å²) in [6, 6.07) is 11.3. The Bertz CT molecular complexity index is 1010. The molecule has 0 aliphatic carbocycles. The van der Waals surface area contributed by atoms with Gasteiger partial charge in [0, 0.05) is 22.6 Å². The van der Waals surface area contributed by atoms with Gasteiger partial charge in [-0.1, -0.05) is 18.2 Å². The topological polar surface area (TPSA) is 62.2 Å². The Morgan fingerprint density at radius 1 is 1.14 bits per heavy atom. The number of pyridine rings is 1. The summed E-state index contributed by atoms with van der Waals surface area (Å²) < 4.78 is 38.3. The Hall–Kier alpha value is -2.93. The normalized spacial score (nSPS) is 12.8. The molecular weight excluding hydrogens is 369 g/mol. The van der Waals surface area contributed by atoms with E-state index in [-0.39, 0.29) is 18.6 Å². The van der Waals surface area contributed by atoms with E-state index in [1.54, 1.807) is 31.2 Å². The molecule has 3 rings (SSSR count). The van der Waals surface area contributed by atoms with Gasteiger partial charge < -0.3 is 10.4 Å². The van der Waals surface area contributed by atoms with Crippen LogP contribution in [-0.2, 0) is 6.18 Å². The maximum absolute atomic E-state index is 12.8. The van der Waals surface area contributed by atoms with Crippen LogP contribution in [0.2, 0.25) is 0 Å². The Morgan fingerprint density at radius 3 is 2.43 bits per heavy atom. The molecule has 0 saturated carbocycles. The third kappa shape index (κ3) is 4.14. The van der Waals surface area contributed by atoms with Crippen molar-refractivity contribution >= 4 is 16.8 Å². The summed E-state index contributed by atoms with van der Waals surface area (Å²) in [6.45, 7) is 3.39. The molecule has 0 radical (unpaired) electrons. The Kier molecular flexibility index (Phi) is 5.38. The molecule has 4 nitrogen and oxygen atoms in total. The van der Waals surface area contributed by atoms with Gasteiger partial charge in [-0.2, -0.15) is 13.2 Å². The number of rotatable bonds is 4. The largest absolute Gasteiger partial charge is 0.416 e. The van der Waals surface area contributed by atoms with Crippen molar-refractivity contribution in [1.82, 2.24) is 10.3 Å². The van der Waals surface area contributed by atoms with Crippen molar-refractivity contribution < 1.29 is 23.1 Å². The maximum Gasteiger partial charge on any atom is 0.416 e. The van der Waals surface area contributed by atoms with Crippen LogP contribution in [0, 0.1) is 6.92 Å². The van der Waals surface area contributed by atoms with E-state index in [2.05, 4.69) is 10.3 Å². The Morgan fingerprint density at radius 2 is 1.82 bits per heavy atom. The number of nitrogens with zero attached hydrogens (tertiary/aromatic N) is 1. The highest BCUT2D eigenvalue weighted by atomic mass is 19.4. The SMILES string of the molecule is Cc1cc(-c2ccc(C(F)(F)F)cc2)nc2cc(C(=O)NC(C)CO)ccc12. The minimum absolute atomic E-state index is 0.172. The van der Waals surface area contributed by atoms with Crippen LogP contribution < -0.4 is 5.32 Å². The second kappa shape index (κ2) is 7.59. The number of carbonyl (C=O) groups is 1. The molecule has 0 bridgehead atoms. The summed E-state index contributed by atoms with van der Waals surface area (Å²) in [5.41, 5.74) is 2.23. The molecule has 0 saturated heterocycles. The van der Waals surface area contributed by atoms with Crippen LogP contribution >= 0.6 is 0 Å². The Balaban J connectivity index is 1.99. The van der Waals surface area contributed by atoms with E-state index in [1.165, 1.54) is 12.1 Å². The monoisotopic (exact) mass is 388 g/mol. The van der Waals surface area contributed by atoms with Gasteiger partial charge in [0.15, 0.2) is 0 Å². The number of aromatic nitrogens is 1. The molecule has 2 aromatic carbocycles. The molecule has 1 heterocycles. The van der Waals surface area contributed by atoms with E-state index >= 15 is 0 Å². The van der Waals surface area contributed by atoms with Gasteiger partial charge in [0.25, 0.3) is 5.91 Å². The quantitative estimate of drug-likeness (QED) is 0.699. The highest BCUT2D eigenvalue weighted by molar-refractivity contribution is 5.98. The molecule has 0 fully saturated rings. The van der Waals surface area contributed by atoms with E-state index in [0.717, 1.165) is 23.1 Å². The summed E-state index contributed by atoms with van der Waals surface area (Å²) in [5, 5.41) is 12.6. The van der Waals surface area contributed by atoms with Gasteiger partial charge in [0.05, 0.1) is 23.4 Å². The van der Waals surface area contributed by atoms with Crippen LogP contribution in [0.4, 0.5) is 13.2 Å². The second-order valence-corrected chi connectivity index (χ2v) is 6.69. The maximum atomic E-state index is 12.8. The molecule has 1 unspecified atom stereocenters. The number of aliphatic hydroxyl groups is 1. The van der Waals surface area contributed by atoms with Crippen molar-refractivity contribution in [3.05, 3.63) is 65.2 Å². The number of amides is 1. The van der Waals surface area contributed by atoms with Gasteiger partial charge in [0.1, 0.15) is 0 Å². The molecule has 2 N–H and O–H groups in total. The fraction of sp³-hybridized carbons (Fsp3) is 0.238. The number of fused-ring (bicyclic) bond motifs is 1. The van der Waals surface area contributed by atoms with Gasteiger partial charge in [0.2, 0.25) is 0 Å². The highest BCUT2D eigenvalue weighted by Crippen LogP contribution is 2.31. The number of nitrogens with one attached hydrogen (secondary N) is 1. The zero-order valence-electron chi connectivity index (χ0n) is 15.3. The average Bonchev–Trinajstić information content (AvgIpc) is 2.66. The minimum Gasteiger partial charge on any atom is -0.394 e. The highest BCUT2D eigenvalue weighted by Gasteiger charge is 2.30. The minimum atomic E-state index is -4.39. The number of hydrogen-bond donors (Lipinski definition) is 2.